The predicted octanol–water partition coefficient (Wildman–Crippen LogP) is 25.9. The van der Waals surface area contributed by atoms with Gasteiger partial charge in [0, 0.05) is 6.42 Å². The molecule has 0 bridgehead atoms. The molecule has 71 heavy (non-hydrogen) atoms. The van der Waals surface area contributed by atoms with E-state index in [0.29, 0.717) is 13.0 Å². The van der Waals surface area contributed by atoms with Gasteiger partial charge in [-0.3, -0.25) is 4.79 Å². The lowest BCUT2D eigenvalue weighted by Crippen LogP contribution is -2.05. The van der Waals surface area contributed by atoms with Gasteiger partial charge in [0.15, 0.2) is 0 Å². The number of rotatable bonds is 66. The first-order valence-electron chi connectivity index (χ1n) is 34.5. The van der Waals surface area contributed by atoms with Crippen molar-refractivity contribution in [1.29, 1.82) is 0 Å². The van der Waals surface area contributed by atoms with Gasteiger partial charge in [-0.15, -0.1) is 0 Å². The minimum absolute atomic E-state index is 0.0381. The molecule has 0 amide bonds. The molecule has 0 N–H and O–H groups in total. The number of hydrogen-bond donors (Lipinski definition) is 0. The molecule has 0 fully saturated rings. The molecule has 0 atom stereocenters. The molecule has 0 spiro atoms. The fourth-order valence-electron chi connectivity index (χ4n) is 11.4. The quantitative estimate of drug-likeness (QED) is 0.0448. The van der Waals surface area contributed by atoms with Crippen molar-refractivity contribution >= 4 is 5.97 Å². The van der Waals surface area contributed by atoms with Gasteiger partial charge >= 0.3 is 5.97 Å². The highest BCUT2D eigenvalue weighted by Crippen LogP contribution is 2.20. The van der Waals surface area contributed by atoms with Gasteiger partial charge in [0.2, 0.25) is 0 Å². The van der Waals surface area contributed by atoms with Crippen LogP contribution in [0.4, 0.5) is 0 Å². The highest BCUT2D eigenvalue weighted by Gasteiger charge is 2.04. The molecule has 0 aliphatic carbocycles. The van der Waals surface area contributed by atoms with Crippen LogP contribution >= 0.6 is 0 Å². The molecule has 0 saturated carbocycles. The Morgan fingerprint density at radius 2 is 0.310 bits per heavy atom. The summed E-state index contributed by atoms with van der Waals surface area (Å²) in [6.45, 7) is 5.26. The first-order valence-corrected chi connectivity index (χ1v) is 34.5. The van der Waals surface area contributed by atoms with E-state index in [1.165, 1.54) is 398 Å². The second-order valence-corrected chi connectivity index (χ2v) is 23.9. The zero-order valence-electron chi connectivity index (χ0n) is 50.0. The van der Waals surface area contributed by atoms with Crippen LogP contribution in [0.15, 0.2) is 0 Å². The lowest BCUT2D eigenvalue weighted by atomic mass is 10.0. The molecule has 426 valence electrons. The van der Waals surface area contributed by atoms with Crippen LogP contribution in [-0.4, -0.2) is 12.6 Å². The monoisotopic (exact) mass is 999 g/mol. The molecule has 0 saturated heterocycles. The Labute approximate surface area is 451 Å². The van der Waals surface area contributed by atoms with Crippen molar-refractivity contribution in [3.63, 3.8) is 0 Å². The van der Waals surface area contributed by atoms with Crippen LogP contribution in [0.2, 0.25) is 0 Å². The predicted molar refractivity (Wildman–Crippen MR) is 322 cm³/mol. The topological polar surface area (TPSA) is 26.3 Å². The van der Waals surface area contributed by atoms with E-state index < -0.39 is 0 Å². The summed E-state index contributed by atoms with van der Waals surface area (Å²) in [5.74, 6) is 0.0381. The highest BCUT2D eigenvalue weighted by atomic mass is 16.5. The van der Waals surface area contributed by atoms with Gasteiger partial charge in [-0.05, 0) is 12.8 Å². The Morgan fingerprint density at radius 3 is 0.465 bits per heavy atom. The van der Waals surface area contributed by atoms with Crippen molar-refractivity contribution in [2.24, 2.45) is 0 Å². The van der Waals surface area contributed by atoms with Crippen molar-refractivity contribution in [3.05, 3.63) is 0 Å². The zero-order chi connectivity index (χ0) is 51.0. The van der Waals surface area contributed by atoms with Gasteiger partial charge in [0.25, 0.3) is 0 Å². The first-order chi connectivity index (χ1) is 35.3. The molecule has 0 aromatic rings. The van der Waals surface area contributed by atoms with E-state index in [-0.39, 0.29) is 5.97 Å². The van der Waals surface area contributed by atoms with Crippen LogP contribution in [0, 0.1) is 0 Å². The van der Waals surface area contributed by atoms with E-state index in [0.717, 1.165) is 12.8 Å². The number of esters is 1. The maximum absolute atomic E-state index is 12.2. The Hall–Kier alpha value is -0.530. The van der Waals surface area contributed by atoms with Crippen LogP contribution < -0.4 is 0 Å². The van der Waals surface area contributed by atoms with Gasteiger partial charge in [-0.25, -0.2) is 0 Å². The standard InChI is InChI=1S/C69H138O2/c1-3-5-7-9-11-13-15-17-19-21-23-25-27-29-31-32-33-34-35-36-37-38-39-40-41-43-45-47-49-51-53-55-57-59-61-63-65-67-69(70)71-68-66-64-62-60-58-56-54-52-50-48-46-44-42-30-28-26-24-22-20-18-16-14-12-10-8-6-4-2/h3-68H2,1-2H3. The van der Waals surface area contributed by atoms with Crippen LogP contribution in [0.5, 0.6) is 0 Å². The third-order valence-electron chi connectivity index (χ3n) is 16.5. The largest absolute Gasteiger partial charge is 0.466 e. The zero-order valence-corrected chi connectivity index (χ0v) is 50.0. The first kappa shape index (κ1) is 70.5. The Balaban J connectivity index is 3.14. The van der Waals surface area contributed by atoms with Gasteiger partial charge in [0.05, 0.1) is 6.61 Å². The van der Waals surface area contributed by atoms with E-state index in [9.17, 15) is 4.79 Å². The lowest BCUT2D eigenvalue weighted by molar-refractivity contribution is -0.143. The van der Waals surface area contributed by atoms with Crippen molar-refractivity contribution in [1.82, 2.24) is 0 Å². The molecule has 0 heterocycles. The normalized spacial score (nSPS) is 11.6. The van der Waals surface area contributed by atoms with E-state index in [1.807, 2.05) is 0 Å². The number of hydrogen-bond acceptors (Lipinski definition) is 2. The molecule has 2 nitrogen and oxygen atoms in total. The minimum atomic E-state index is 0.0381. The number of unbranched alkanes of at least 4 members (excludes halogenated alkanes) is 62. The molecule has 2 heteroatoms. The summed E-state index contributed by atoms with van der Waals surface area (Å²) in [6.07, 6.45) is 92.2. The van der Waals surface area contributed by atoms with E-state index >= 15 is 0 Å². The Kier molecular flexibility index (Phi) is 67.0. The maximum atomic E-state index is 12.2. The Bertz CT molecular complexity index is 913. The van der Waals surface area contributed by atoms with Crippen LogP contribution in [0.1, 0.15) is 431 Å². The molecule has 0 aliphatic heterocycles. The fourth-order valence-corrected chi connectivity index (χ4v) is 11.4. The van der Waals surface area contributed by atoms with Gasteiger partial charge in [-0.1, -0.05) is 412 Å². The molecule has 0 unspecified atom stereocenters. The third kappa shape index (κ3) is 67.5. The summed E-state index contributed by atoms with van der Waals surface area (Å²) in [6, 6.07) is 0. The third-order valence-corrected chi connectivity index (χ3v) is 16.5. The number of ether oxygens (including phenoxy) is 1. The van der Waals surface area contributed by atoms with E-state index in [1.54, 1.807) is 0 Å². The van der Waals surface area contributed by atoms with E-state index in [4.69, 9.17) is 4.74 Å². The van der Waals surface area contributed by atoms with Crippen molar-refractivity contribution in [2.45, 2.75) is 431 Å². The van der Waals surface area contributed by atoms with Gasteiger partial charge in [-0.2, -0.15) is 0 Å². The second kappa shape index (κ2) is 67.5. The number of carbonyl (C=O) groups excluding carboxylic acids is 1. The molecule has 0 aromatic heterocycles. The molecule has 0 rings (SSSR count). The van der Waals surface area contributed by atoms with Crippen LogP contribution in [0.3, 0.4) is 0 Å². The summed E-state index contributed by atoms with van der Waals surface area (Å²) in [4.78, 5) is 12.2. The molecule has 0 radical (unpaired) electrons. The van der Waals surface area contributed by atoms with Crippen LogP contribution in [0.25, 0.3) is 0 Å². The number of carbonyl (C=O) groups is 1. The average Bonchev–Trinajstić information content (AvgIpc) is 3.38. The summed E-state index contributed by atoms with van der Waals surface area (Å²) in [5.41, 5.74) is 0. The van der Waals surface area contributed by atoms with Gasteiger partial charge < -0.3 is 4.74 Å². The SMILES string of the molecule is CCCCCCCCCCCCCCCCCCCCCCCCCCCCCCCCCCCCCCCC(=O)OCCCCCCCCCCCCCCCCCCCCCCCCCCCCC. The van der Waals surface area contributed by atoms with Crippen molar-refractivity contribution in [3.8, 4) is 0 Å². The lowest BCUT2D eigenvalue weighted by Gasteiger charge is -2.06. The van der Waals surface area contributed by atoms with Gasteiger partial charge in [0.1, 0.15) is 0 Å². The summed E-state index contributed by atoms with van der Waals surface area (Å²) in [5, 5.41) is 0. The average molecular weight is 1000 g/mol. The summed E-state index contributed by atoms with van der Waals surface area (Å²) in [7, 11) is 0. The van der Waals surface area contributed by atoms with Crippen LogP contribution in [-0.2, 0) is 9.53 Å². The molecular weight excluding hydrogens is 861 g/mol. The van der Waals surface area contributed by atoms with E-state index in [2.05, 4.69) is 13.8 Å². The maximum Gasteiger partial charge on any atom is 0.305 e. The molecule has 0 aliphatic rings. The fraction of sp³-hybridized carbons (Fsp3) is 0.986. The van der Waals surface area contributed by atoms with Crippen molar-refractivity contribution in [2.75, 3.05) is 6.61 Å². The molecular formula is C69H138O2. The molecule has 0 aromatic carbocycles. The summed E-state index contributed by atoms with van der Waals surface area (Å²) >= 11 is 0. The van der Waals surface area contributed by atoms with Crippen molar-refractivity contribution < 1.29 is 9.53 Å². The Morgan fingerprint density at radius 1 is 0.183 bits per heavy atom. The smallest absolute Gasteiger partial charge is 0.305 e. The second-order valence-electron chi connectivity index (χ2n) is 23.9. The summed E-state index contributed by atoms with van der Waals surface area (Å²) < 4.78 is 5.53. The minimum Gasteiger partial charge on any atom is -0.466 e. The highest BCUT2D eigenvalue weighted by molar-refractivity contribution is 5.69.